The number of hydrogen-bond donors (Lipinski definition) is 2. The van der Waals surface area contributed by atoms with Crippen LogP contribution in [0, 0.1) is 0 Å². The summed E-state index contributed by atoms with van der Waals surface area (Å²) in [5.41, 5.74) is -6.06. The van der Waals surface area contributed by atoms with Crippen LogP contribution in [0.15, 0.2) is 23.1 Å². The largest absolute Gasteiger partial charge is 0.481 e. The molecule has 0 unspecified atom stereocenters. The van der Waals surface area contributed by atoms with Gasteiger partial charge in [-0.15, -0.1) is 11.8 Å². The van der Waals surface area contributed by atoms with Gasteiger partial charge in [0.25, 0.3) is 5.60 Å². The number of aliphatic carboxylic acids is 1. The molecule has 1 rings (SSSR count). The average Bonchev–Trinajstić information content (AvgIpc) is 2.41. The van der Waals surface area contributed by atoms with Gasteiger partial charge < -0.3 is 10.2 Å². The van der Waals surface area contributed by atoms with Gasteiger partial charge in [0.2, 0.25) is 0 Å². The van der Waals surface area contributed by atoms with Crippen molar-refractivity contribution in [3.8, 4) is 0 Å². The molecule has 0 amide bonds. The van der Waals surface area contributed by atoms with E-state index in [0.717, 1.165) is 17.8 Å². The fourth-order valence-corrected chi connectivity index (χ4v) is 2.58. The van der Waals surface area contributed by atoms with Crippen molar-refractivity contribution in [2.45, 2.75) is 35.7 Å². The van der Waals surface area contributed by atoms with Crippen LogP contribution in [0.2, 0.25) is 0 Å². The summed E-state index contributed by atoms with van der Waals surface area (Å²) in [4.78, 5) is 10.6. The second-order valence-corrected chi connectivity index (χ2v) is 5.47. The topological polar surface area (TPSA) is 57.5 Å². The highest BCUT2D eigenvalue weighted by Gasteiger charge is 2.71. The lowest BCUT2D eigenvalue weighted by Crippen LogP contribution is -2.53. The Kier molecular flexibility index (Phi) is 5.63. The van der Waals surface area contributed by atoms with Gasteiger partial charge in [-0.25, -0.2) is 0 Å². The van der Waals surface area contributed by atoms with Gasteiger partial charge >= 0.3 is 18.3 Å². The smallest absolute Gasteiger partial charge is 0.430 e. The number of benzene rings is 1. The van der Waals surface area contributed by atoms with Gasteiger partial charge in [-0.3, -0.25) is 4.79 Å². The quantitative estimate of drug-likeness (QED) is 0.619. The highest BCUT2D eigenvalue weighted by atomic mass is 32.2. The molecule has 0 aliphatic carbocycles. The minimum atomic E-state index is -5.95. The number of thioether (sulfide) groups is 1. The zero-order valence-corrected chi connectivity index (χ0v) is 12.4. The van der Waals surface area contributed by atoms with Gasteiger partial charge in [0.05, 0.1) is 0 Å². The van der Waals surface area contributed by atoms with E-state index in [9.17, 15) is 36.2 Å². The van der Waals surface area contributed by atoms with Gasteiger partial charge in [0, 0.05) is 16.9 Å². The minimum Gasteiger partial charge on any atom is -0.481 e. The van der Waals surface area contributed by atoms with Crippen molar-refractivity contribution >= 4 is 17.7 Å². The number of aryl methyl sites for hydroxylation is 1. The maximum Gasteiger partial charge on any atom is 0.430 e. The molecule has 10 heteroatoms. The second kappa shape index (κ2) is 6.60. The zero-order valence-electron chi connectivity index (χ0n) is 11.6. The third-order valence-electron chi connectivity index (χ3n) is 3.13. The molecule has 0 radical (unpaired) electrons. The van der Waals surface area contributed by atoms with Gasteiger partial charge in [0.1, 0.15) is 0 Å². The number of aliphatic hydroxyl groups is 1. The van der Waals surface area contributed by atoms with Crippen molar-refractivity contribution in [2.75, 3.05) is 6.26 Å². The summed E-state index contributed by atoms with van der Waals surface area (Å²) in [6.07, 6.45) is -10.9. The average molecular weight is 362 g/mol. The molecule has 2 N–H and O–H groups in total. The Bertz CT molecular complexity index is 568. The van der Waals surface area contributed by atoms with E-state index in [-0.39, 0.29) is 23.3 Å². The van der Waals surface area contributed by atoms with Crippen LogP contribution in [0.4, 0.5) is 26.3 Å². The van der Waals surface area contributed by atoms with Gasteiger partial charge in [-0.05, 0) is 24.3 Å². The Morgan fingerprint density at radius 3 is 2.04 bits per heavy atom. The van der Waals surface area contributed by atoms with Crippen LogP contribution in [-0.4, -0.2) is 34.8 Å². The summed E-state index contributed by atoms with van der Waals surface area (Å²) in [5.74, 6) is -1.15. The summed E-state index contributed by atoms with van der Waals surface area (Å²) in [5, 5.41) is 17.9. The van der Waals surface area contributed by atoms with Crippen molar-refractivity contribution in [2.24, 2.45) is 0 Å². The normalized spacial score (nSPS) is 13.2. The fourth-order valence-electron chi connectivity index (χ4n) is 1.91. The molecule has 0 fully saturated rings. The molecule has 0 saturated carbocycles. The van der Waals surface area contributed by atoms with Gasteiger partial charge in [-0.1, -0.05) is 12.1 Å². The summed E-state index contributed by atoms with van der Waals surface area (Å²) >= 11 is 0.860. The first kappa shape index (κ1) is 19.6. The van der Waals surface area contributed by atoms with Crippen molar-refractivity contribution in [3.05, 3.63) is 29.3 Å². The van der Waals surface area contributed by atoms with Crippen LogP contribution in [0.3, 0.4) is 0 Å². The molecule has 0 aliphatic rings. The molecule has 0 heterocycles. The third kappa shape index (κ3) is 3.92. The molecule has 0 saturated heterocycles. The maximum atomic E-state index is 12.8. The molecule has 23 heavy (non-hydrogen) atoms. The number of rotatable bonds is 5. The molecule has 0 aromatic heterocycles. The number of halogens is 6. The summed E-state index contributed by atoms with van der Waals surface area (Å²) < 4.78 is 76.9. The predicted octanol–water partition coefficient (Wildman–Crippen LogP) is 3.74. The van der Waals surface area contributed by atoms with E-state index in [1.54, 1.807) is 0 Å². The van der Waals surface area contributed by atoms with E-state index in [2.05, 4.69) is 0 Å². The maximum absolute atomic E-state index is 12.8. The summed E-state index contributed by atoms with van der Waals surface area (Å²) in [6, 6.07) is 2.06. The molecule has 0 atom stereocenters. The van der Waals surface area contributed by atoms with Crippen LogP contribution >= 0.6 is 11.8 Å². The number of carboxylic acid groups (broad SMARTS) is 1. The van der Waals surface area contributed by atoms with E-state index in [1.165, 1.54) is 6.26 Å². The Balaban J connectivity index is 3.39. The first-order valence-corrected chi connectivity index (χ1v) is 7.32. The number of carboxylic acids is 1. The summed E-state index contributed by atoms with van der Waals surface area (Å²) in [7, 11) is 0. The Hall–Kier alpha value is -1.42. The van der Waals surface area contributed by atoms with Gasteiger partial charge in [0.15, 0.2) is 0 Å². The monoisotopic (exact) mass is 362 g/mol. The van der Waals surface area contributed by atoms with Gasteiger partial charge in [-0.2, -0.15) is 26.3 Å². The Morgan fingerprint density at radius 1 is 1.13 bits per heavy atom. The number of alkyl halides is 6. The van der Waals surface area contributed by atoms with E-state index in [1.807, 2.05) is 0 Å². The summed E-state index contributed by atoms with van der Waals surface area (Å²) in [6.45, 7) is 0. The van der Waals surface area contributed by atoms with Crippen molar-refractivity contribution < 1.29 is 41.4 Å². The lowest BCUT2D eigenvalue weighted by molar-refractivity contribution is -0.376. The number of carbonyl (C=O) groups is 1. The molecule has 130 valence electrons. The van der Waals surface area contributed by atoms with E-state index >= 15 is 0 Å². The highest BCUT2D eigenvalue weighted by Crippen LogP contribution is 2.50. The lowest BCUT2D eigenvalue weighted by atomic mass is 9.91. The molecule has 0 spiro atoms. The molecule has 3 nitrogen and oxygen atoms in total. The third-order valence-corrected chi connectivity index (χ3v) is 3.95. The van der Waals surface area contributed by atoms with Crippen molar-refractivity contribution in [1.29, 1.82) is 0 Å². The van der Waals surface area contributed by atoms with Crippen LogP contribution in [0.25, 0.3) is 0 Å². The van der Waals surface area contributed by atoms with Crippen molar-refractivity contribution in [3.63, 3.8) is 0 Å². The second-order valence-electron chi connectivity index (χ2n) is 4.63. The minimum absolute atomic E-state index is 0.0377. The van der Waals surface area contributed by atoms with Crippen LogP contribution < -0.4 is 0 Å². The predicted molar refractivity (Wildman–Crippen MR) is 70.2 cm³/mol. The first-order chi connectivity index (χ1) is 10.3. The molecule has 0 aliphatic heterocycles. The van der Waals surface area contributed by atoms with Crippen LogP contribution in [0.1, 0.15) is 17.5 Å². The zero-order chi connectivity index (χ0) is 18.1. The van der Waals surface area contributed by atoms with Crippen LogP contribution in [0.5, 0.6) is 0 Å². The van der Waals surface area contributed by atoms with Crippen LogP contribution in [-0.2, 0) is 16.8 Å². The van der Waals surface area contributed by atoms with Crippen molar-refractivity contribution in [1.82, 2.24) is 0 Å². The molecule has 0 bridgehead atoms. The standard InChI is InChI=1S/C13H12F6O3S/c1-23-9-6-8(4-2-7(9)3-5-10(20)21)11(22,12(14,15)16)13(17,18)19/h2,4,6,22H,3,5H2,1H3,(H,20,21). The molecule has 1 aromatic carbocycles. The van der Waals surface area contributed by atoms with E-state index < -0.39 is 29.5 Å². The molecular formula is C13H12F6O3S. The Morgan fingerprint density at radius 2 is 1.65 bits per heavy atom. The highest BCUT2D eigenvalue weighted by molar-refractivity contribution is 7.98. The SMILES string of the molecule is CSc1cc(C(O)(C(F)(F)F)C(F)(F)F)ccc1CCC(=O)O. The molecule has 1 aromatic rings. The fraction of sp³-hybridized carbons (Fsp3) is 0.462. The van der Waals surface area contributed by atoms with E-state index in [4.69, 9.17) is 5.11 Å². The first-order valence-electron chi connectivity index (χ1n) is 6.09. The lowest BCUT2D eigenvalue weighted by Gasteiger charge is -2.33. The molecular weight excluding hydrogens is 350 g/mol. The Labute approximate surface area is 131 Å². The number of hydrogen-bond acceptors (Lipinski definition) is 3. The van der Waals surface area contributed by atoms with E-state index in [0.29, 0.717) is 12.1 Å².